The number of halogens is 3. The SMILES string of the molecule is Cc1cnn2ccc(-c3cnc(OC4CC(F)(F)C4)c(F)c3)cc12. The number of nitrogens with zero attached hydrogens (tertiary/aromatic N) is 3. The van der Waals surface area contributed by atoms with Crippen molar-refractivity contribution < 1.29 is 17.9 Å². The van der Waals surface area contributed by atoms with E-state index in [9.17, 15) is 13.2 Å². The smallest absolute Gasteiger partial charge is 0.255 e. The van der Waals surface area contributed by atoms with E-state index >= 15 is 0 Å². The van der Waals surface area contributed by atoms with Crippen molar-refractivity contribution in [3.63, 3.8) is 0 Å². The third kappa shape index (κ3) is 2.60. The molecule has 0 amide bonds. The van der Waals surface area contributed by atoms with Crippen molar-refractivity contribution in [1.82, 2.24) is 14.6 Å². The van der Waals surface area contributed by atoms with Gasteiger partial charge in [0, 0.05) is 30.8 Å². The molecule has 0 atom stereocenters. The Morgan fingerprint density at radius 3 is 2.71 bits per heavy atom. The van der Waals surface area contributed by atoms with Crippen LogP contribution in [0.3, 0.4) is 0 Å². The Morgan fingerprint density at radius 1 is 1.21 bits per heavy atom. The van der Waals surface area contributed by atoms with Gasteiger partial charge in [-0.3, -0.25) is 0 Å². The fourth-order valence-corrected chi connectivity index (χ4v) is 2.80. The minimum atomic E-state index is -2.71. The number of hydrogen-bond donors (Lipinski definition) is 0. The fraction of sp³-hybridized carbons (Fsp3) is 0.294. The Balaban J connectivity index is 1.59. The first kappa shape index (κ1) is 15.0. The summed E-state index contributed by atoms with van der Waals surface area (Å²) in [6, 6.07) is 5.01. The first-order valence-electron chi connectivity index (χ1n) is 7.56. The van der Waals surface area contributed by atoms with Gasteiger partial charge >= 0.3 is 0 Å². The lowest BCUT2D eigenvalue weighted by Crippen LogP contribution is -2.43. The van der Waals surface area contributed by atoms with Gasteiger partial charge in [0.05, 0.1) is 11.7 Å². The van der Waals surface area contributed by atoms with Crippen molar-refractivity contribution in [3.8, 4) is 17.0 Å². The summed E-state index contributed by atoms with van der Waals surface area (Å²) >= 11 is 0. The van der Waals surface area contributed by atoms with Crippen LogP contribution in [0.2, 0.25) is 0 Å². The Bertz CT molecular complexity index is 915. The average molecular weight is 333 g/mol. The summed E-state index contributed by atoms with van der Waals surface area (Å²) in [5.41, 5.74) is 3.31. The van der Waals surface area contributed by atoms with Crippen molar-refractivity contribution >= 4 is 5.52 Å². The number of aromatic nitrogens is 3. The van der Waals surface area contributed by atoms with Crippen LogP contribution in [0.15, 0.2) is 36.8 Å². The molecule has 1 fully saturated rings. The van der Waals surface area contributed by atoms with E-state index in [2.05, 4.69) is 10.1 Å². The van der Waals surface area contributed by atoms with Crippen LogP contribution < -0.4 is 4.74 Å². The number of ether oxygens (including phenoxy) is 1. The van der Waals surface area contributed by atoms with Crippen LogP contribution >= 0.6 is 0 Å². The highest BCUT2D eigenvalue weighted by Gasteiger charge is 2.47. The molecule has 0 N–H and O–H groups in total. The van der Waals surface area contributed by atoms with Crippen LogP contribution in [0.5, 0.6) is 5.88 Å². The standard InChI is InChI=1S/C17H14F3N3O/c1-10-8-22-23-3-2-11(5-15(10)23)12-4-14(18)16(21-9-12)24-13-6-17(19,20)7-13/h2-5,8-9,13H,6-7H2,1H3. The highest BCUT2D eigenvalue weighted by atomic mass is 19.3. The van der Waals surface area contributed by atoms with E-state index in [1.165, 1.54) is 12.3 Å². The maximum absolute atomic E-state index is 14.2. The molecule has 4 nitrogen and oxygen atoms in total. The van der Waals surface area contributed by atoms with E-state index in [-0.39, 0.29) is 5.88 Å². The highest BCUT2D eigenvalue weighted by Crippen LogP contribution is 2.40. The quantitative estimate of drug-likeness (QED) is 0.727. The van der Waals surface area contributed by atoms with Gasteiger partial charge in [0.15, 0.2) is 5.82 Å². The van der Waals surface area contributed by atoms with E-state index in [1.54, 1.807) is 16.9 Å². The zero-order chi connectivity index (χ0) is 16.9. The summed E-state index contributed by atoms with van der Waals surface area (Å²) in [5.74, 6) is -3.60. The summed E-state index contributed by atoms with van der Waals surface area (Å²) in [6.07, 6.45) is 3.55. The minimum absolute atomic E-state index is 0.235. The summed E-state index contributed by atoms with van der Waals surface area (Å²) in [4.78, 5) is 3.95. The monoisotopic (exact) mass is 333 g/mol. The molecule has 1 saturated carbocycles. The van der Waals surface area contributed by atoms with E-state index in [4.69, 9.17) is 4.74 Å². The first-order chi connectivity index (χ1) is 11.4. The van der Waals surface area contributed by atoms with Crippen molar-refractivity contribution in [2.24, 2.45) is 0 Å². The normalized spacial score (nSPS) is 17.0. The molecule has 3 aromatic rings. The first-order valence-corrected chi connectivity index (χ1v) is 7.56. The molecular formula is C17H14F3N3O. The van der Waals surface area contributed by atoms with Crippen LogP contribution in [0.4, 0.5) is 13.2 Å². The van der Waals surface area contributed by atoms with E-state index in [0.29, 0.717) is 5.56 Å². The Hall–Kier alpha value is -2.57. The largest absolute Gasteiger partial charge is 0.472 e. The molecule has 1 aliphatic carbocycles. The van der Waals surface area contributed by atoms with E-state index in [1.807, 2.05) is 19.1 Å². The van der Waals surface area contributed by atoms with Crippen molar-refractivity contribution in [2.75, 3.05) is 0 Å². The van der Waals surface area contributed by atoms with Crippen molar-refractivity contribution in [3.05, 3.63) is 48.2 Å². The number of rotatable bonds is 3. The topological polar surface area (TPSA) is 39.4 Å². The van der Waals surface area contributed by atoms with Crippen LogP contribution in [-0.2, 0) is 0 Å². The van der Waals surface area contributed by atoms with Gasteiger partial charge in [0.25, 0.3) is 11.8 Å². The number of alkyl halides is 2. The Labute approximate surface area is 135 Å². The summed E-state index contributed by atoms with van der Waals surface area (Å²) < 4.78 is 46.7. The highest BCUT2D eigenvalue weighted by molar-refractivity contribution is 5.70. The summed E-state index contributed by atoms with van der Waals surface area (Å²) in [7, 11) is 0. The van der Waals surface area contributed by atoms with Crippen molar-refractivity contribution in [1.29, 1.82) is 0 Å². The second-order valence-electron chi connectivity index (χ2n) is 6.09. The van der Waals surface area contributed by atoms with Gasteiger partial charge in [-0.2, -0.15) is 5.10 Å². The van der Waals surface area contributed by atoms with E-state index in [0.717, 1.165) is 16.6 Å². The number of fused-ring (bicyclic) bond motifs is 1. The molecule has 24 heavy (non-hydrogen) atoms. The summed E-state index contributed by atoms with van der Waals surface area (Å²) in [5, 5.41) is 4.19. The van der Waals surface area contributed by atoms with Gasteiger partial charge in [-0.05, 0) is 36.2 Å². The molecule has 0 spiro atoms. The molecular weight excluding hydrogens is 319 g/mol. The maximum Gasteiger partial charge on any atom is 0.255 e. The zero-order valence-electron chi connectivity index (χ0n) is 12.8. The molecule has 3 aromatic heterocycles. The number of hydrogen-bond acceptors (Lipinski definition) is 3. The predicted octanol–water partition coefficient (Wildman–Crippen LogP) is 4.02. The average Bonchev–Trinajstić information content (AvgIpc) is 2.88. The minimum Gasteiger partial charge on any atom is -0.472 e. The predicted molar refractivity (Wildman–Crippen MR) is 81.7 cm³/mol. The Kier molecular flexibility index (Phi) is 3.26. The van der Waals surface area contributed by atoms with Crippen LogP contribution in [0, 0.1) is 12.7 Å². The molecule has 1 aliphatic rings. The molecule has 0 unspecified atom stereocenters. The molecule has 124 valence electrons. The van der Waals surface area contributed by atoms with E-state index < -0.39 is 30.7 Å². The lowest BCUT2D eigenvalue weighted by molar-refractivity contribution is -0.136. The van der Waals surface area contributed by atoms with Gasteiger partial charge in [-0.15, -0.1) is 0 Å². The second kappa shape index (κ2) is 5.22. The molecule has 3 heterocycles. The van der Waals surface area contributed by atoms with Gasteiger partial charge < -0.3 is 4.74 Å². The Morgan fingerprint density at radius 2 is 2.00 bits per heavy atom. The lowest BCUT2D eigenvalue weighted by Gasteiger charge is -2.34. The third-order valence-corrected chi connectivity index (χ3v) is 4.19. The second-order valence-corrected chi connectivity index (χ2v) is 6.09. The molecule has 0 aliphatic heterocycles. The zero-order valence-corrected chi connectivity index (χ0v) is 12.8. The molecule has 0 aromatic carbocycles. The number of pyridine rings is 2. The maximum atomic E-state index is 14.2. The van der Waals surface area contributed by atoms with Crippen LogP contribution in [0.1, 0.15) is 18.4 Å². The molecule has 4 rings (SSSR count). The number of aryl methyl sites for hydroxylation is 1. The third-order valence-electron chi connectivity index (χ3n) is 4.19. The summed E-state index contributed by atoms with van der Waals surface area (Å²) in [6.45, 7) is 1.94. The van der Waals surface area contributed by atoms with Crippen LogP contribution in [0.25, 0.3) is 16.6 Å². The van der Waals surface area contributed by atoms with Crippen molar-refractivity contribution in [2.45, 2.75) is 31.8 Å². The van der Waals surface area contributed by atoms with Gasteiger partial charge in [-0.25, -0.2) is 22.7 Å². The van der Waals surface area contributed by atoms with Gasteiger partial charge in [0.1, 0.15) is 6.10 Å². The molecule has 7 heteroatoms. The fourth-order valence-electron chi connectivity index (χ4n) is 2.80. The van der Waals surface area contributed by atoms with Gasteiger partial charge in [0.2, 0.25) is 0 Å². The molecule has 0 saturated heterocycles. The molecule has 0 bridgehead atoms. The van der Waals surface area contributed by atoms with Gasteiger partial charge in [-0.1, -0.05) is 0 Å². The van der Waals surface area contributed by atoms with Crippen LogP contribution in [-0.4, -0.2) is 26.6 Å². The lowest BCUT2D eigenvalue weighted by atomic mass is 9.91. The molecule has 0 radical (unpaired) electrons.